The summed E-state index contributed by atoms with van der Waals surface area (Å²) in [5.74, 6) is -8.48. The molecule has 4 atom stereocenters. The van der Waals surface area contributed by atoms with Crippen molar-refractivity contribution in [1.82, 2.24) is 0 Å². The molecule has 0 saturated heterocycles. The molecule has 0 aromatic carbocycles. The Hall–Kier alpha value is 0.0587. The summed E-state index contributed by atoms with van der Waals surface area (Å²) >= 11 is 0. The van der Waals surface area contributed by atoms with Crippen LogP contribution in [0.2, 0.25) is 0 Å². The van der Waals surface area contributed by atoms with E-state index >= 15 is 0 Å². The first kappa shape index (κ1) is 39.6. The molecule has 0 spiro atoms. The molecule has 184 valence electrons. The second-order valence-corrected chi connectivity index (χ2v) is 7.71. The van der Waals surface area contributed by atoms with Gasteiger partial charge in [0.15, 0.2) is 0 Å². The molecule has 0 aromatic heterocycles. The van der Waals surface area contributed by atoms with Gasteiger partial charge < -0.3 is 77.9 Å². The monoisotopic (exact) mass is 576 g/mol. The van der Waals surface area contributed by atoms with E-state index in [0.29, 0.717) is 0 Å². The maximum Gasteiger partial charge on any atom is 2.00 e. The van der Waals surface area contributed by atoms with Crippen molar-refractivity contribution >= 4 is 96.7 Å². The number of hydrogen-bond acceptors (Lipinski definition) is 18. The van der Waals surface area contributed by atoms with E-state index in [1.165, 1.54) is 0 Å². The van der Waals surface area contributed by atoms with Gasteiger partial charge in [-0.15, -0.1) is 0 Å². The molecule has 2 aliphatic heterocycles. The first-order valence-electron chi connectivity index (χ1n) is 7.73. The van der Waals surface area contributed by atoms with E-state index in [4.69, 9.17) is 10.2 Å². The van der Waals surface area contributed by atoms with Crippen LogP contribution in [0.15, 0.2) is 23.0 Å². The van der Waals surface area contributed by atoms with Gasteiger partial charge in [0.25, 0.3) is 0 Å². The number of phosphoric acid groups is 2. The zero-order valence-electron chi connectivity index (χ0n) is 17.2. The molecule has 2 heterocycles. The van der Waals surface area contributed by atoms with Gasteiger partial charge in [-0.2, -0.15) is 0 Å². The molecule has 4 unspecified atom stereocenters. The minimum Gasteiger partial charge on any atom is -0.870 e. The third-order valence-corrected chi connectivity index (χ3v) is 4.06. The van der Waals surface area contributed by atoms with E-state index in [1.807, 2.05) is 0 Å². The molecule has 0 bridgehead atoms. The molecule has 18 nitrogen and oxygen atoms in total. The summed E-state index contributed by atoms with van der Waals surface area (Å²) in [5, 5.41) is 61.1. The fourth-order valence-corrected chi connectivity index (χ4v) is 2.75. The maximum atomic E-state index is 11.2. The van der Waals surface area contributed by atoms with Crippen LogP contribution in [0.3, 0.4) is 0 Å². The Kier molecular flexibility index (Phi) is 18.2. The Bertz CT molecular complexity index is 823. The number of ether oxygens (including phenoxy) is 2. The Morgan fingerprint density at radius 3 is 1.20 bits per heavy atom. The van der Waals surface area contributed by atoms with Gasteiger partial charge in [0.2, 0.25) is 11.5 Å². The molecular formula is C12H10Mg3O18P2-2. The Morgan fingerprint density at radius 2 is 1.00 bits per heavy atom. The zero-order chi connectivity index (χ0) is 25.0. The average Bonchev–Trinajstić information content (AvgIpc) is 3.10. The number of rotatable bonds is 8. The van der Waals surface area contributed by atoms with Crippen LogP contribution in [-0.4, -0.2) is 129 Å². The average molecular weight is 577 g/mol. The van der Waals surface area contributed by atoms with E-state index in [-0.39, 0.29) is 69.2 Å². The molecule has 0 fully saturated rings. The molecule has 0 aliphatic carbocycles. The summed E-state index contributed by atoms with van der Waals surface area (Å²) in [5.41, 5.74) is 0. The summed E-state index contributed by atoms with van der Waals surface area (Å²) < 4.78 is 35.8. The van der Waals surface area contributed by atoms with Gasteiger partial charge in [-0.3, -0.25) is 0 Å². The number of carbonyl (C=O) groups excluding carboxylic acids is 2. The van der Waals surface area contributed by atoms with Crippen LogP contribution in [0, 0.1) is 0 Å². The summed E-state index contributed by atoms with van der Waals surface area (Å²) in [6, 6.07) is 0. The van der Waals surface area contributed by atoms with E-state index in [1.54, 1.807) is 0 Å². The van der Waals surface area contributed by atoms with Crippen LogP contribution in [0.5, 0.6) is 0 Å². The first-order valence-corrected chi connectivity index (χ1v) is 10.7. The molecule has 0 radical (unpaired) electrons. The van der Waals surface area contributed by atoms with Crippen molar-refractivity contribution in [2.24, 2.45) is 0 Å². The second-order valence-electron chi connectivity index (χ2n) is 5.56. The van der Waals surface area contributed by atoms with E-state index in [0.717, 1.165) is 0 Å². The minimum absolute atomic E-state index is 0. The van der Waals surface area contributed by atoms with Gasteiger partial charge in [0.05, 0.1) is 0 Å². The van der Waals surface area contributed by atoms with Crippen molar-refractivity contribution in [3.8, 4) is 0 Å². The van der Waals surface area contributed by atoms with Crippen molar-refractivity contribution in [2.75, 3.05) is 13.2 Å². The van der Waals surface area contributed by atoms with Crippen LogP contribution in [0.1, 0.15) is 0 Å². The van der Waals surface area contributed by atoms with Crippen molar-refractivity contribution in [2.45, 2.75) is 24.4 Å². The van der Waals surface area contributed by atoms with Gasteiger partial charge in [-0.05, 0) is 11.5 Å². The van der Waals surface area contributed by atoms with Crippen molar-refractivity contribution < 1.29 is 87.5 Å². The van der Waals surface area contributed by atoms with E-state index in [2.05, 4.69) is 18.5 Å². The number of carbonyl (C=O) groups is 2. The maximum absolute atomic E-state index is 11.2. The third-order valence-electron chi connectivity index (χ3n) is 3.24. The Morgan fingerprint density at radius 1 is 0.743 bits per heavy atom. The largest absolute Gasteiger partial charge is 2.00 e. The van der Waals surface area contributed by atoms with Gasteiger partial charge in [0.1, 0.15) is 27.9 Å². The molecule has 35 heavy (non-hydrogen) atoms. The summed E-state index contributed by atoms with van der Waals surface area (Å²) in [6.45, 7) is -1.99. The normalized spacial score (nSPS) is 21.3. The SMILES string of the molecule is O=C1OC(C([O-])CO)C([O-])=C1OP(=O)([O-])[O-].O=C1OC(C([O-])CO)C([O-])=C1OP(=O)([O-])[O-].[Mg+2].[Mg+2].[Mg+2]. The molecule has 2 aliphatic rings. The Balaban J connectivity index is -0.000000539. The van der Waals surface area contributed by atoms with Crippen LogP contribution >= 0.6 is 15.6 Å². The van der Waals surface area contributed by atoms with Gasteiger partial charge in [-0.1, -0.05) is 12.2 Å². The molecule has 2 rings (SSSR count). The Labute approximate surface area is 243 Å². The second kappa shape index (κ2) is 16.1. The van der Waals surface area contributed by atoms with Crippen LogP contribution in [0.25, 0.3) is 0 Å². The zero-order valence-corrected chi connectivity index (χ0v) is 23.2. The van der Waals surface area contributed by atoms with Gasteiger partial charge in [-0.25, -0.2) is 9.59 Å². The third kappa shape index (κ3) is 12.0. The topological polar surface area (TPSA) is 330 Å². The van der Waals surface area contributed by atoms with E-state index < -0.39 is 88.3 Å². The van der Waals surface area contributed by atoms with Crippen molar-refractivity contribution in [1.29, 1.82) is 0 Å². The molecular weight excluding hydrogens is 567 g/mol. The minimum atomic E-state index is -5.58. The fraction of sp³-hybridized carbons (Fsp3) is 0.500. The number of esters is 2. The predicted molar refractivity (Wildman–Crippen MR) is 90.2 cm³/mol. The molecule has 0 saturated carbocycles. The number of cyclic esters (lactones) is 2. The smallest absolute Gasteiger partial charge is 0.870 e. The van der Waals surface area contributed by atoms with Gasteiger partial charge >= 0.3 is 81.1 Å². The van der Waals surface area contributed by atoms with Crippen LogP contribution in [-0.2, 0) is 37.2 Å². The molecule has 2 N–H and O–H groups in total. The molecule has 23 heteroatoms. The molecule has 0 aromatic rings. The summed E-state index contributed by atoms with van der Waals surface area (Å²) in [6.07, 6.45) is -7.68. The van der Waals surface area contributed by atoms with Gasteiger partial charge in [0, 0.05) is 13.2 Å². The number of aliphatic hydroxyl groups excluding tert-OH is 2. The van der Waals surface area contributed by atoms with E-state index in [9.17, 15) is 58.7 Å². The summed E-state index contributed by atoms with van der Waals surface area (Å²) in [7, 11) is -11.2. The van der Waals surface area contributed by atoms with Crippen LogP contribution < -0.4 is 40.0 Å². The van der Waals surface area contributed by atoms with Crippen LogP contribution in [0.4, 0.5) is 0 Å². The summed E-state index contributed by atoms with van der Waals surface area (Å²) in [4.78, 5) is 62.4. The number of aliphatic hydroxyl groups is 2. The first-order chi connectivity index (χ1) is 14.5. The standard InChI is InChI=1S/2C6H8O9P.3Mg/c2*7-1-2(8)4-3(9)5(6(10)14-4)15-16(11,12)13;;;/h2*2,4,7,9H,1H2,(H2,11,12,13);;;/q2*-1;3*+2/p-6. The molecule has 0 amide bonds. The van der Waals surface area contributed by atoms with Crippen molar-refractivity contribution in [3.63, 3.8) is 0 Å². The quantitative estimate of drug-likeness (QED) is 0.154. The van der Waals surface area contributed by atoms with Crippen molar-refractivity contribution in [3.05, 3.63) is 23.0 Å². The fourth-order valence-electron chi connectivity index (χ4n) is 1.97. The number of hydrogen-bond donors (Lipinski definition) is 2. The predicted octanol–water partition coefficient (Wildman–Crippen LogP) is -11.0. The number of phosphoric ester groups is 2.